The maximum absolute atomic E-state index is 12.5. The summed E-state index contributed by atoms with van der Waals surface area (Å²) in [6.45, 7) is 2.08. The Morgan fingerprint density at radius 2 is 1.92 bits per heavy atom. The number of ether oxygens (including phenoxy) is 1. The van der Waals surface area contributed by atoms with Crippen molar-refractivity contribution in [1.29, 1.82) is 0 Å². The van der Waals surface area contributed by atoms with Gasteiger partial charge in [-0.05, 0) is 37.3 Å². The Morgan fingerprint density at radius 1 is 1.16 bits per heavy atom. The molecule has 2 aromatic rings. The summed E-state index contributed by atoms with van der Waals surface area (Å²) < 4.78 is 5.42. The molecule has 2 rings (SSSR count). The molecule has 0 unspecified atom stereocenters. The highest BCUT2D eigenvalue weighted by atomic mass is 35.5. The number of hydrogen-bond donors (Lipinski definition) is 1. The van der Waals surface area contributed by atoms with Gasteiger partial charge in [0.05, 0.1) is 0 Å². The topological polar surface area (TPSA) is 58.6 Å². The minimum absolute atomic E-state index is 0.251. The first-order valence-corrected chi connectivity index (χ1v) is 8.31. The maximum atomic E-state index is 12.5. The summed E-state index contributed by atoms with van der Waals surface area (Å²) in [5.41, 5.74) is 1.24. The largest absolute Gasteiger partial charge is 0.419 e. The quantitative estimate of drug-likeness (QED) is 0.613. The van der Waals surface area contributed by atoms with Crippen LogP contribution >= 0.6 is 11.6 Å². The van der Waals surface area contributed by atoms with Crippen LogP contribution in [0, 0.1) is 0 Å². The predicted octanol–water partition coefficient (Wildman–Crippen LogP) is 4.45. The first-order valence-electron chi connectivity index (χ1n) is 7.78. The molecule has 0 saturated heterocycles. The minimum Gasteiger partial charge on any atom is -0.410 e. The molecular formula is C19H19ClN2O3. The van der Waals surface area contributed by atoms with Crippen LogP contribution in [-0.4, -0.2) is 24.4 Å². The Hall–Kier alpha value is -2.79. The number of amides is 2. The lowest BCUT2D eigenvalue weighted by atomic mass is 10.3. The number of carbonyl (C=O) groups is 2. The third-order valence-corrected chi connectivity index (χ3v) is 3.39. The SMILES string of the molecule is C/C=C/C(=O)Nc1cccc(OC(=O)N(CCCl)c2ccccc2)c1. The third kappa shape index (κ3) is 5.65. The van der Waals surface area contributed by atoms with Gasteiger partial charge in [0.2, 0.25) is 5.91 Å². The Labute approximate surface area is 151 Å². The molecule has 0 aliphatic rings. The monoisotopic (exact) mass is 358 g/mol. The summed E-state index contributed by atoms with van der Waals surface area (Å²) in [5, 5.41) is 2.69. The van der Waals surface area contributed by atoms with Crippen LogP contribution in [0.1, 0.15) is 6.92 Å². The molecule has 0 bridgehead atoms. The molecular weight excluding hydrogens is 340 g/mol. The van der Waals surface area contributed by atoms with Crippen LogP contribution in [0.3, 0.4) is 0 Å². The molecule has 0 atom stereocenters. The highest BCUT2D eigenvalue weighted by Crippen LogP contribution is 2.20. The van der Waals surface area contributed by atoms with Crippen LogP contribution in [0.2, 0.25) is 0 Å². The second-order valence-corrected chi connectivity index (χ2v) is 5.44. The number of nitrogens with zero attached hydrogens (tertiary/aromatic N) is 1. The van der Waals surface area contributed by atoms with Gasteiger partial charge in [-0.3, -0.25) is 9.69 Å². The fraction of sp³-hybridized carbons (Fsp3) is 0.158. The number of benzene rings is 2. The van der Waals surface area contributed by atoms with E-state index in [1.165, 1.54) is 11.0 Å². The number of allylic oxidation sites excluding steroid dienone is 1. The molecule has 0 fully saturated rings. The first-order chi connectivity index (χ1) is 12.1. The number of rotatable bonds is 6. The van der Waals surface area contributed by atoms with Crippen LogP contribution in [0.15, 0.2) is 66.7 Å². The Morgan fingerprint density at radius 3 is 2.60 bits per heavy atom. The summed E-state index contributed by atoms with van der Waals surface area (Å²) >= 11 is 5.80. The Balaban J connectivity index is 2.11. The van der Waals surface area contributed by atoms with Gasteiger partial charge in [-0.25, -0.2) is 4.79 Å². The van der Waals surface area contributed by atoms with Crippen molar-refractivity contribution in [3.63, 3.8) is 0 Å². The average molecular weight is 359 g/mol. The van der Waals surface area contributed by atoms with Crippen molar-refractivity contribution < 1.29 is 14.3 Å². The van der Waals surface area contributed by atoms with E-state index in [2.05, 4.69) is 5.32 Å². The molecule has 2 amide bonds. The minimum atomic E-state index is -0.538. The summed E-state index contributed by atoms with van der Waals surface area (Å²) in [6, 6.07) is 15.8. The second kappa shape index (κ2) is 9.49. The lowest BCUT2D eigenvalue weighted by Crippen LogP contribution is -2.35. The van der Waals surface area contributed by atoms with E-state index in [0.717, 1.165) is 0 Å². The zero-order chi connectivity index (χ0) is 18.1. The number of anilines is 2. The van der Waals surface area contributed by atoms with Gasteiger partial charge in [-0.2, -0.15) is 0 Å². The van der Waals surface area contributed by atoms with Crippen molar-refractivity contribution >= 4 is 35.0 Å². The van der Waals surface area contributed by atoms with Crippen molar-refractivity contribution in [2.24, 2.45) is 0 Å². The Kier molecular flexibility index (Phi) is 7.04. The summed E-state index contributed by atoms with van der Waals surface area (Å²) in [4.78, 5) is 25.5. The predicted molar refractivity (Wildman–Crippen MR) is 100 cm³/mol. The van der Waals surface area contributed by atoms with E-state index in [9.17, 15) is 9.59 Å². The van der Waals surface area contributed by atoms with Crippen LogP contribution in [0.4, 0.5) is 16.2 Å². The summed E-state index contributed by atoms with van der Waals surface area (Å²) in [7, 11) is 0. The molecule has 25 heavy (non-hydrogen) atoms. The zero-order valence-corrected chi connectivity index (χ0v) is 14.6. The van der Waals surface area contributed by atoms with Gasteiger partial charge in [-0.15, -0.1) is 11.6 Å². The average Bonchev–Trinajstić information content (AvgIpc) is 2.60. The molecule has 2 aromatic carbocycles. The molecule has 5 nitrogen and oxygen atoms in total. The van der Waals surface area contributed by atoms with E-state index in [1.54, 1.807) is 37.3 Å². The van der Waals surface area contributed by atoms with E-state index in [0.29, 0.717) is 23.7 Å². The van der Waals surface area contributed by atoms with Crippen LogP contribution in [-0.2, 0) is 4.79 Å². The first kappa shape index (κ1) is 18.5. The molecule has 0 spiro atoms. The van der Waals surface area contributed by atoms with E-state index in [1.807, 2.05) is 30.3 Å². The summed E-state index contributed by atoms with van der Waals surface area (Å²) in [5.74, 6) is 0.363. The van der Waals surface area contributed by atoms with Crippen molar-refractivity contribution in [3.8, 4) is 5.75 Å². The van der Waals surface area contributed by atoms with Crippen LogP contribution in [0.5, 0.6) is 5.75 Å². The second-order valence-electron chi connectivity index (χ2n) is 5.06. The highest BCUT2D eigenvalue weighted by molar-refractivity contribution is 6.18. The number of halogens is 1. The van der Waals surface area contributed by atoms with Gasteiger partial charge < -0.3 is 10.1 Å². The smallest absolute Gasteiger partial charge is 0.410 e. The van der Waals surface area contributed by atoms with Gasteiger partial charge in [0.15, 0.2) is 0 Å². The number of alkyl halides is 1. The van der Waals surface area contributed by atoms with E-state index in [4.69, 9.17) is 16.3 Å². The molecule has 130 valence electrons. The third-order valence-electron chi connectivity index (χ3n) is 3.22. The van der Waals surface area contributed by atoms with Crippen LogP contribution < -0.4 is 15.0 Å². The molecule has 0 aliphatic heterocycles. The van der Waals surface area contributed by atoms with Gasteiger partial charge >= 0.3 is 6.09 Å². The number of para-hydroxylation sites is 1. The molecule has 0 radical (unpaired) electrons. The van der Waals surface area contributed by atoms with Gasteiger partial charge in [0.25, 0.3) is 0 Å². The van der Waals surface area contributed by atoms with Crippen molar-refractivity contribution in [3.05, 3.63) is 66.7 Å². The molecule has 0 aromatic heterocycles. The van der Waals surface area contributed by atoms with E-state index < -0.39 is 6.09 Å². The standard InChI is InChI=1S/C19H19ClN2O3/c1-2-7-18(23)21-15-8-6-11-17(14-15)25-19(24)22(13-12-20)16-9-4-3-5-10-16/h2-11,14H,12-13H2,1H3,(H,21,23)/b7-2+. The van der Waals surface area contributed by atoms with Crippen molar-refractivity contribution in [2.75, 3.05) is 22.6 Å². The zero-order valence-electron chi connectivity index (χ0n) is 13.8. The molecule has 0 saturated carbocycles. The fourth-order valence-electron chi connectivity index (χ4n) is 2.15. The lowest BCUT2D eigenvalue weighted by Gasteiger charge is -2.21. The van der Waals surface area contributed by atoms with Crippen molar-refractivity contribution in [2.45, 2.75) is 6.92 Å². The van der Waals surface area contributed by atoms with Crippen molar-refractivity contribution in [1.82, 2.24) is 0 Å². The number of carbonyl (C=O) groups excluding carboxylic acids is 2. The molecule has 0 heterocycles. The normalized spacial score (nSPS) is 10.5. The Bertz CT molecular complexity index is 747. The van der Waals surface area contributed by atoms with Gasteiger partial charge in [0.1, 0.15) is 5.75 Å². The van der Waals surface area contributed by atoms with Crippen LogP contribution in [0.25, 0.3) is 0 Å². The maximum Gasteiger partial charge on any atom is 0.419 e. The highest BCUT2D eigenvalue weighted by Gasteiger charge is 2.17. The van der Waals surface area contributed by atoms with Gasteiger partial charge in [0, 0.05) is 29.9 Å². The van der Waals surface area contributed by atoms with Gasteiger partial charge in [-0.1, -0.05) is 30.3 Å². The fourth-order valence-corrected chi connectivity index (χ4v) is 2.32. The lowest BCUT2D eigenvalue weighted by molar-refractivity contribution is -0.111. The van der Waals surface area contributed by atoms with E-state index >= 15 is 0 Å². The number of nitrogens with one attached hydrogen (secondary N) is 1. The summed E-state index contributed by atoms with van der Waals surface area (Å²) in [6.07, 6.45) is 2.52. The molecule has 6 heteroatoms. The number of hydrogen-bond acceptors (Lipinski definition) is 3. The molecule has 1 N–H and O–H groups in total. The molecule has 0 aliphatic carbocycles. The van der Waals surface area contributed by atoms with E-state index in [-0.39, 0.29) is 11.8 Å².